The van der Waals surface area contributed by atoms with Gasteiger partial charge in [0.05, 0.1) is 0 Å². The highest BCUT2D eigenvalue weighted by Crippen LogP contribution is 2.24. The van der Waals surface area contributed by atoms with E-state index in [4.69, 9.17) is 10.5 Å². The lowest BCUT2D eigenvalue weighted by Crippen LogP contribution is -1.99. The number of hydrogen-bond acceptors (Lipinski definition) is 3. The zero-order valence-corrected chi connectivity index (χ0v) is 12.3. The Bertz CT molecular complexity index is 724. The molecule has 3 rings (SSSR count). The van der Waals surface area contributed by atoms with Gasteiger partial charge in [-0.1, -0.05) is 54.6 Å². The smallest absolute Gasteiger partial charge is 0.213 e. The Hall–Kier alpha value is -2.65. The summed E-state index contributed by atoms with van der Waals surface area (Å²) < 4.78 is 5.70. The average Bonchev–Trinajstić information content (AvgIpc) is 2.61. The lowest BCUT2D eigenvalue weighted by Gasteiger charge is -2.09. The normalized spacial score (nSPS) is 10.4. The van der Waals surface area contributed by atoms with Crippen LogP contribution in [0.1, 0.15) is 11.1 Å². The number of hydrogen-bond donors (Lipinski definition) is 1. The number of benzene rings is 2. The van der Waals surface area contributed by atoms with Gasteiger partial charge in [0.1, 0.15) is 6.61 Å². The molecule has 0 radical (unpaired) electrons. The summed E-state index contributed by atoms with van der Waals surface area (Å²) in [6.45, 7) is 1.04. The Labute approximate surface area is 130 Å². The van der Waals surface area contributed by atoms with Crippen LogP contribution in [-0.4, -0.2) is 4.98 Å². The zero-order chi connectivity index (χ0) is 15.2. The van der Waals surface area contributed by atoms with Crippen LogP contribution in [0, 0.1) is 0 Å². The fourth-order valence-electron chi connectivity index (χ4n) is 2.34. The van der Waals surface area contributed by atoms with E-state index in [1.54, 1.807) is 0 Å². The van der Waals surface area contributed by atoms with Crippen LogP contribution in [0.5, 0.6) is 5.88 Å². The Morgan fingerprint density at radius 2 is 1.64 bits per heavy atom. The monoisotopic (exact) mass is 290 g/mol. The van der Waals surface area contributed by atoms with E-state index in [9.17, 15) is 0 Å². The van der Waals surface area contributed by atoms with E-state index in [0.29, 0.717) is 19.0 Å². The first-order valence-corrected chi connectivity index (χ1v) is 7.28. The Kier molecular flexibility index (Phi) is 4.47. The molecule has 3 nitrogen and oxygen atoms in total. The Morgan fingerprint density at radius 3 is 2.36 bits per heavy atom. The van der Waals surface area contributed by atoms with Gasteiger partial charge in [-0.05, 0) is 22.8 Å². The van der Waals surface area contributed by atoms with E-state index < -0.39 is 0 Å². The molecule has 0 atom stereocenters. The fraction of sp³-hybridized carbons (Fsp3) is 0.105. The van der Waals surface area contributed by atoms with Crippen LogP contribution in [0.25, 0.3) is 11.1 Å². The number of rotatable bonds is 5. The summed E-state index contributed by atoms with van der Waals surface area (Å²) in [5.74, 6) is 0.623. The second kappa shape index (κ2) is 6.87. The molecule has 110 valence electrons. The van der Waals surface area contributed by atoms with E-state index >= 15 is 0 Å². The van der Waals surface area contributed by atoms with Gasteiger partial charge in [-0.2, -0.15) is 0 Å². The van der Waals surface area contributed by atoms with Crippen LogP contribution in [0.4, 0.5) is 0 Å². The van der Waals surface area contributed by atoms with Gasteiger partial charge in [0.15, 0.2) is 0 Å². The molecule has 0 saturated carbocycles. The van der Waals surface area contributed by atoms with Crippen LogP contribution in [0.3, 0.4) is 0 Å². The van der Waals surface area contributed by atoms with Crippen LogP contribution >= 0.6 is 0 Å². The minimum atomic E-state index is 0.516. The van der Waals surface area contributed by atoms with Crippen molar-refractivity contribution in [2.45, 2.75) is 13.2 Å². The predicted octanol–water partition coefficient (Wildman–Crippen LogP) is 3.79. The molecular formula is C19H18N2O. The van der Waals surface area contributed by atoms with Crippen LogP contribution < -0.4 is 10.5 Å². The van der Waals surface area contributed by atoms with E-state index in [1.807, 2.05) is 66.9 Å². The van der Waals surface area contributed by atoms with Gasteiger partial charge in [0.25, 0.3) is 0 Å². The maximum atomic E-state index is 5.78. The second-order valence-electron chi connectivity index (χ2n) is 5.02. The lowest BCUT2D eigenvalue weighted by molar-refractivity contribution is 0.294. The number of ether oxygens (including phenoxy) is 1. The lowest BCUT2D eigenvalue weighted by atomic mass is 10.0. The molecule has 0 amide bonds. The summed E-state index contributed by atoms with van der Waals surface area (Å²) in [7, 11) is 0. The van der Waals surface area contributed by atoms with Gasteiger partial charge >= 0.3 is 0 Å². The third-order valence-corrected chi connectivity index (χ3v) is 3.51. The van der Waals surface area contributed by atoms with Gasteiger partial charge in [0.2, 0.25) is 5.88 Å². The summed E-state index contributed by atoms with van der Waals surface area (Å²) in [5, 5.41) is 0. The van der Waals surface area contributed by atoms with Crippen molar-refractivity contribution in [2.75, 3.05) is 0 Å². The van der Waals surface area contributed by atoms with Crippen molar-refractivity contribution in [3.05, 3.63) is 84.1 Å². The van der Waals surface area contributed by atoms with Gasteiger partial charge in [-0.25, -0.2) is 4.98 Å². The summed E-state index contributed by atoms with van der Waals surface area (Å²) in [4.78, 5) is 4.38. The molecule has 3 aromatic rings. The van der Waals surface area contributed by atoms with Gasteiger partial charge in [-0.15, -0.1) is 0 Å². The first-order valence-electron chi connectivity index (χ1n) is 7.28. The molecular weight excluding hydrogens is 272 g/mol. The molecule has 2 aromatic carbocycles. The molecule has 0 unspecified atom stereocenters. The zero-order valence-electron chi connectivity index (χ0n) is 12.3. The summed E-state index contributed by atoms with van der Waals surface area (Å²) in [6.07, 6.45) is 1.83. The highest BCUT2D eigenvalue weighted by Gasteiger charge is 2.04. The highest BCUT2D eigenvalue weighted by atomic mass is 16.5. The molecule has 0 aliphatic rings. The van der Waals surface area contributed by atoms with E-state index in [1.165, 1.54) is 0 Å². The van der Waals surface area contributed by atoms with Crippen molar-refractivity contribution in [3.63, 3.8) is 0 Å². The number of nitrogens with zero attached hydrogens (tertiary/aromatic N) is 1. The summed E-state index contributed by atoms with van der Waals surface area (Å²) in [6, 6.07) is 22.1. The largest absolute Gasteiger partial charge is 0.473 e. The standard InChI is InChI=1S/C19H18N2O/c20-12-16-8-4-5-9-18(16)17-10-11-19(21-13-17)22-14-15-6-2-1-3-7-15/h1-11,13H,12,14,20H2. The third-order valence-electron chi connectivity index (χ3n) is 3.51. The quantitative estimate of drug-likeness (QED) is 0.777. The van der Waals surface area contributed by atoms with Crippen molar-refractivity contribution >= 4 is 0 Å². The molecule has 0 spiro atoms. The minimum Gasteiger partial charge on any atom is -0.473 e. The first kappa shape index (κ1) is 14.3. The highest BCUT2D eigenvalue weighted by molar-refractivity contribution is 5.66. The minimum absolute atomic E-state index is 0.516. The topological polar surface area (TPSA) is 48.1 Å². The van der Waals surface area contributed by atoms with Gasteiger partial charge in [0, 0.05) is 24.4 Å². The molecule has 0 aliphatic carbocycles. The SMILES string of the molecule is NCc1ccccc1-c1ccc(OCc2ccccc2)nc1. The summed E-state index contributed by atoms with van der Waals surface area (Å²) >= 11 is 0. The van der Waals surface area contributed by atoms with Crippen molar-refractivity contribution in [1.82, 2.24) is 4.98 Å². The molecule has 0 fully saturated rings. The summed E-state index contributed by atoms with van der Waals surface area (Å²) in [5.41, 5.74) is 10.2. The van der Waals surface area contributed by atoms with Crippen LogP contribution in [0.15, 0.2) is 72.9 Å². The number of nitrogens with two attached hydrogens (primary N) is 1. The van der Waals surface area contributed by atoms with Gasteiger partial charge < -0.3 is 10.5 Å². The Balaban J connectivity index is 1.73. The number of pyridine rings is 1. The maximum Gasteiger partial charge on any atom is 0.213 e. The van der Waals surface area contributed by atoms with E-state index in [2.05, 4.69) is 11.1 Å². The molecule has 0 bridgehead atoms. The molecule has 1 heterocycles. The molecule has 1 aromatic heterocycles. The third kappa shape index (κ3) is 3.32. The van der Waals surface area contributed by atoms with Crippen molar-refractivity contribution in [3.8, 4) is 17.0 Å². The first-order chi connectivity index (χ1) is 10.9. The molecule has 3 heteroatoms. The molecule has 0 saturated heterocycles. The second-order valence-corrected chi connectivity index (χ2v) is 5.02. The van der Waals surface area contributed by atoms with Gasteiger partial charge in [-0.3, -0.25) is 0 Å². The van der Waals surface area contributed by atoms with Crippen molar-refractivity contribution in [1.29, 1.82) is 0 Å². The molecule has 22 heavy (non-hydrogen) atoms. The fourth-order valence-corrected chi connectivity index (χ4v) is 2.34. The van der Waals surface area contributed by atoms with Crippen molar-refractivity contribution in [2.24, 2.45) is 5.73 Å². The van der Waals surface area contributed by atoms with E-state index in [-0.39, 0.29) is 0 Å². The van der Waals surface area contributed by atoms with Crippen molar-refractivity contribution < 1.29 is 4.74 Å². The van der Waals surface area contributed by atoms with Crippen LogP contribution in [-0.2, 0) is 13.2 Å². The van der Waals surface area contributed by atoms with E-state index in [0.717, 1.165) is 22.3 Å². The average molecular weight is 290 g/mol. The van der Waals surface area contributed by atoms with Crippen LogP contribution in [0.2, 0.25) is 0 Å². The molecule has 0 aliphatic heterocycles. The Morgan fingerprint density at radius 1 is 0.864 bits per heavy atom. The molecule has 2 N–H and O–H groups in total. The predicted molar refractivity (Wildman–Crippen MR) is 88.3 cm³/mol. The maximum absolute atomic E-state index is 5.78. The number of aromatic nitrogens is 1.